The molecule has 0 saturated heterocycles. The van der Waals surface area contributed by atoms with Gasteiger partial charge in [0.1, 0.15) is 17.4 Å². The number of aromatic amines is 1. The number of hydrogen-bond acceptors (Lipinski definition) is 5. The molecule has 140 valence electrons. The zero-order valence-electron chi connectivity index (χ0n) is 14.6. The number of rotatable bonds is 7. The van der Waals surface area contributed by atoms with Crippen LogP contribution in [0.4, 0.5) is 15.9 Å². The monoisotopic (exact) mass is 364 g/mol. The van der Waals surface area contributed by atoms with Crippen molar-refractivity contribution in [3.63, 3.8) is 0 Å². The van der Waals surface area contributed by atoms with E-state index in [-0.39, 0.29) is 17.3 Å². The van der Waals surface area contributed by atoms with E-state index < -0.39 is 29.6 Å². The quantitative estimate of drug-likeness (QED) is 0.764. The lowest BCUT2D eigenvalue weighted by Crippen LogP contribution is -2.40. The number of carbonyl (C=O) groups excluding carboxylic acids is 1. The van der Waals surface area contributed by atoms with Crippen molar-refractivity contribution in [1.29, 1.82) is 0 Å². The average Bonchev–Trinajstić information content (AvgIpc) is 2.59. The Labute approximate surface area is 149 Å². The molecule has 3 N–H and O–H groups in total. The van der Waals surface area contributed by atoms with Gasteiger partial charge in [0.15, 0.2) is 12.3 Å². The Balaban J connectivity index is 2.22. The van der Waals surface area contributed by atoms with Gasteiger partial charge < -0.3 is 15.4 Å². The average molecular weight is 364 g/mol. The summed E-state index contributed by atoms with van der Waals surface area (Å²) < 4.78 is 19.6. The summed E-state index contributed by atoms with van der Waals surface area (Å²) in [7, 11) is 1.35. The Kier molecular flexibility index (Phi) is 6.16. The number of hydrogen-bond donors (Lipinski definition) is 2. The van der Waals surface area contributed by atoms with Gasteiger partial charge in [0.05, 0.1) is 0 Å². The topological polar surface area (TPSA) is 110 Å². The Morgan fingerprint density at radius 2 is 2.12 bits per heavy atom. The van der Waals surface area contributed by atoms with Crippen LogP contribution in [-0.4, -0.2) is 29.1 Å². The zero-order valence-corrected chi connectivity index (χ0v) is 14.6. The fourth-order valence-electron chi connectivity index (χ4n) is 2.36. The molecule has 2 aromatic rings. The van der Waals surface area contributed by atoms with Crippen molar-refractivity contribution < 1.29 is 13.9 Å². The first-order valence-electron chi connectivity index (χ1n) is 8.12. The summed E-state index contributed by atoms with van der Waals surface area (Å²) in [5.74, 6) is -0.977. The molecule has 2 rings (SSSR count). The van der Waals surface area contributed by atoms with Crippen LogP contribution in [0.5, 0.6) is 5.75 Å². The molecule has 1 aromatic carbocycles. The predicted molar refractivity (Wildman–Crippen MR) is 95.9 cm³/mol. The molecule has 0 saturated carbocycles. The standard InChI is InChI=1S/C17H21FN4O4/c1-3-4-8-22-15(19)14(16(24)20-17(22)25)21(2)13(23)10-26-12-7-5-6-11(18)9-12/h5-7,9H,3-4,8,10,19H2,1-2H3,(H,20,24,25). The number of unbranched alkanes of at least 4 members (excludes halogenated alkanes) is 1. The van der Waals surface area contributed by atoms with Crippen LogP contribution in [0.3, 0.4) is 0 Å². The predicted octanol–water partition coefficient (Wildman–Crippen LogP) is 1.10. The second kappa shape index (κ2) is 8.32. The fraction of sp³-hybridized carbons (Fsp3) is 0.353. The highest BCUT2D eigenvalue weighted by atomic mass is 19.1. The maximum absolute atomic E-state index is 13.1. The van der Waals surface area contributed by atoms with E-state index in [1.54, 1.807) is 0 Å². The minimum Gasteiger partial charge on any atom is -0.484 e. The Morgan fingerprint density at radius 3 is 2.77 bits per heavy atom. The van der Waals surface area contributed by atoms with Crippen molar-refractivity contribution in [1.82, 2.24) is 9.55 Å². The van der Waals surface area contributed by atoms with Crippen LogP contribution in [0.15, 0.2) is 33.9 Å². The summed E-state index contributed by atoms with van der Waals surface area (Å²) in [5, 5.41) is 0. The lowest BCUT2D eigenvalue weighted by atomic mass is 10.3. The molecule has 1 aromatic heterocycles. The Hall–Kier alpha value is -3.10. The number of nitrogens with two attached hydrogens (primary N) is 1. The summed E-state index contributed by atoms with van der Waals surface area (Å²) in [6.07, 6.45) is 1.52. The molecule has 0 bridgehead atoms. The molecule has 0 aliphatic rings. The number of nitrogen functional groups attached to an aromatic ring is 1. The number of nitrogens with zero attached hydrogens (tertiary/aromatic N) is 2. The summed E-state index contributed by atoms with van der Waals surface area (Å²) >= 11 is 0. The van der Waals surface area contributed by atoms with Crippen LogP contribution in [0.25, 0.3) is 0 Å². The first-order chi connectivity index (χ1) is 12.3. The van der Waals surface area contributed by atoms with Gasteiger partial charge in [-0.3, -0.25) is 19.1 Å². The molecule has 0 radical (unpaired) electrons. The van der Waals surface area contributed by atoms with E-state index in [0.29, 0.717) is 13.0 Å². The highest BCUT2D eigenvalue weighted by molar-refractivity contribution is 5.96. The van der Waals surface area contributed by atoms with Gasteiger partial charge in [0.2, 0.25) is 0 Å². The van der Waals surface area contributed by atoms with Gasteiger partial charge in [0.25, 0.3) is 11.5 Å². The van der Waals surface area contributed by atoms with Gasteiger partial charge in [-0.15, -0.1) is 0 Å². The molecule has 0 unspecified atom stereocenters. The largest absolute Gasteiger partial charge is 0.484 e. The van der Waals surface area contributed by atoms with Crippen LogP contribution >= 0.6 is 0 Å². The van der Waals surface area contributed by atoms with E-state index >= 15 is 0 Å². The van der Waals surface area contributed by atoms with Gasteiger partial charge in [0, 0.05) is 19.7 Å². The van der Waals surface area contributed by atoms with Crippen LogP contribution in [0, 0.1) is 5.82 Å². The van der Waals surface area contributed by atoms with Gasteiger partial charge in [-0.05, 0) is 18.6 Å². The maximum Gasteiger partial charge on any atom is 0.330 e. The molecule has 9 heteroatoms. The van der Waals surface area contributed by atoms with Crippen LogP contribution in [0.2, 0.25) is 0 Å². The summed E-state index contributed by atoms with van der Waals surface area (Å²) in [4.78, 5) is 39.5. The first kappa shape index (κ1) is 19.2. The van der Waals surface area contributed by atoms with E-state index in [1.807, 2.05) is 6.92 Å². The van der Waals surface area contributed by atoms with Crippen molar-refractivity contribution in [3.05, 3.63) is 50.9 Å². The Morgan fingerprint density at radius 1 is 1.38 bits per heavy atom. The van der Waals surface area contributed by atoms with Gasteiger partial charge in [-0.2, -0.15) is 0 Å². The number of amides is 1. The summed E-state index contributed by atoms with van der Waals surface area (Å²) in [6.45, 7) is 1.85. The van der Waals surface area contributed by atoms with Gasteiger partial charge in [-0.1, -0.05) is 19.4 Å². The molecule has 1 heterocycles. The summed E-state index contributed by atoms with van der Waals surface area (Å²) in [5.41, 5.74) is 4.43. The third kappa shape index (κ3) is 4.29. The van der Waals surface area contributed by atoms with Crippen LogP contribution in [0.1, 0.15) is 19.8 Å². The number of H-pyrrole nitrogens is 1. The third-order valence-electron chi connectivity index (χ3n) is 3.82. The van der Waals surface area contributed by atoms with E-state index in [0.717, 1.165) is 17.4 Å². The van der Waals surface area contributed by atoms with Gasteiger partial charge in [-0.25, -0.2) is 9.18 Å². The number of carbonyl (C=O) groups is 1. The highest BCUT2D eigenvalue weighted by Crippen LogP contribution is 2.17. The smallest absolute Gasteiger partial charge is 0.330 e. The van der Waals surface area contributed by atoms with Crippen molar-refractivity contribution in [2.24, 2.45) is 0 Å². The first-order valence-corrected chi connectivity index (χ1v) is 8.12. The molecule has 0 spiro atoms. The number of aromatic nitrogens is 2. The zero-order chi connectivity index (χ0) is 19.3. The van der Waals surface area contributed by atoms with Crippen molar-refractivity contribution in [2.45, 2.75) is 26.3 Å². The SMILES string of the molecule is CCCCn1c(N)c(N(C)C(=O)COc2cccc(F)c2)c(=O)[nH]c1=O. The summed E-state index contributed by atoms with van der Waals surface area (Å²) in [6, 6.07) is 5.34. The van der Waals surface area contributed by atoms with E-state index in [2.05, 4.69) is 4.98 Å². The highest BCUT2D eigenvalue weighted by Gasteiger charge is 2.21. The molecule has 0 fully saturated rings. The number of ether oxygens (including phenoxy) is 1. The number of halogens is 1. The molecular weight excluding hydrogens is 343 g/mol. The molecule has 1 amide bonds. The third-order valence-corrected chi connectivity index (χ3v) is 3.82. The molecular formula is C17H21FN4O4. The molecule has 26 heavy (non-hydrogen) atoms. The second-order valence-corrected chi connectivity index (χ2v) is 5.70. The Bertz CT molecular complexity index is 906. The molecule has 8 nitrogen and oxygen atoms in total. The van der Waals surface area contributed by atoms with Crippen molar-refractivity contribution in [2.75, 3.05) is 24.3 Å². The van der Waals surface area contributed by atoms with E-state index in [4.69, 9.17) is 10.5 Å². The number of benzene rings is 1. The fourth-order valence-corrected chi connectivity index (χ4v) is 2.36. The molecule has 0 aliphatic carbocycles. The van der Waals surface area contributed by atoms with Crippen LogP contribution in [-0.2, 0) is 11.3 Å². The number of likely N-dealkylation sites (N-methyl/N-ethyl adjacent to an activating group) is 1. The molecule has 0 aliphatic heterocycles. The normalized spacial score (nSPS) is 10.6. The van der Waals surface area contributed by atoms with Gasteiger partial charge >= 0.3 is 5.69 Å². The maximum atomic E-state index is 13.1. The second-order valence-electron chi connectivity index (χ2n) is 5.70. The van der Waals surface area contributed by atoms with E-state index in [9.17, 15) is 18.8 Å². The van der Waals surface area contributed by atoms with Crippen molar-refractivity contribution >= 4 is 17.4 Å². The van der Waals surface area contributed by atoms with E-state index in [1.165, 1.54) is 29.8 Å². The minimum atomic E-state index is -0.762. The van der Waals surface area contributed by atoms with Crippen molar-refractivity contribution in [3.8, 4) is 5.75 Å². The lowest BCUT2D eigenvalue weighted by molar-refractivity contribution is -0.120. The number of nitrogens with one attached hydrogen (secondary N) is 1. The minimum absolute atomic E-state index is 0.0891. The lowest BCUT2D eigenvalue weighted by Gasteiger charge is -2.20. The number of anilines is 2. The van der Waals surface area contributed by atoms with Crippen LogP contribution < -0.4 is 26.6 Å². The molecule has 0 atom stereocenters.